The number of hydrazone groups is 1. The van der Waals surface area contributed by atoms with Crippen LogP contribution in [0.4, 0.5) is 18.9 Å². The van der Waals surface area contributed by atoms with Crippen molar-refractivity contribution in [3.8, 4) is 5.75 Å². The highest BCUT2D eigenvalue weighted by molar-refractivity contribution is 9.10. The number of carbonyl (C=O) groups excluding carboxylic acids is 3. The molecule has 0 spiro atoms. The van der Waals surface area contributed by atoms with E-state index in [1.807, 2.05) is 0 Å². The maximum Gasteiger partial charge on any atom is 0.418 e. The Hall–Kier alpha value is -3.16. The molecule has 1 atom stereocenters. The second-order valence-corrected chi connectivity index (χ2v) is 9.10. The predicted molar refractivity (Wildman–Crippen MR) is 132 cm³/mol. The van der Waals surface area contributed by atoms with Gasteiger partial charge in [-0.25, -0.2) is 5.43 Å². The van der Waals surface area contributed by atoms with Gasteiger partial charge in [0.05, 0.1) is 23.6 Å². The highest BCUT2D eigenvalue weighted by atomic mass is 79.9. The van der Waals surface area contributed by atoms with Crippen molar-refractivity contribution in [3.63, 3.8) is 0 Å². The van der Waals surface area contributed by atoms with Gasteiger partial charge in [-0.2, -0.15) is 18.3 Å². The van der Waals surface area contributed by atoms with Crippen LogP contribution >= 0.6 is 27.5 Å². The lowest BCUT2D eigenvalue weighted by Gasteiger charge is -2.15. The SMILES string of the molecule is O=C(COc1ccc(Cl)cc1/C=N\NC(=O)C(=O)NC[C@H]1CCCO1)Nc1ccc(Br)cc1C(F)(F)F. The summed E-state index contributed by atoms with van der Waals surface area (Å²) in [5.41, 5.74) is 0.850. The van der Waals surface area contributed by atoms with Crippen LogP contribution in [0.15, 0.2) is 46.0 Å². The van der Waals surface area contributed by atoms with E-state index >= 15 is 0 Å². The zero-order valence-electron chi connectivity index (χ0n) is 19.0. The van der Waals surface area contributed by atoms with Crippen molar-refractivity contribution < 1.29 is 37.0 Å². The van der Waals surface area contributed by atoms with Crippen LogP contribution in [0, 0.1) is 0 Å². The molecular weight excluding hydrogens is 585 g/mol. The summed E-state index contributed by atoms with van der Waals surface area (Å²) in [5.74, 6) is -2.64. The van der Waals surface area contributed by atoms with Gasteiger partial charge in [-0.3, -0.25) is 14.4 Å². The molecule has 0 unspecified atom stereocenters. The highest BCUT2D eigenvalue weighted by Crippen LogP contribution is 2.36. The molecule has 198 valence electrons. The number of benzene rings is 2. The molecule has 0 saturated carbocycles. The van der Waals surface area contributed by atoms with E-state index in [2.05, 4.69) is 37.1 Å². The molecule has 3 amide bonds. The first-order valence-corrected chi connectivity index (χ1v) is 12.0. The molecule has 1 aliphatic heterocycles. The van der Waals surface area contributed by atoms with Crippen molar-refractivity contribution in [2.45, 2.75) is 25.1 Å². The fourth-order valence-corrected chi connectivity index (χ4v) is 3.79. The minimum atomic E-state index is -4.68. The normalized spacial score (nSPS) is 15.4. The predicted octanol–water partition coefficient (Wildman–Crippen LogP) is 3.88. The van der Waals surface area contributed by atoms with Gasteiger partial charge in [0.15, 0.2) is 6.61 Å². The van der Waals surface area contributed by atoms with Crippen LogP contribution in [-0.2, 0) is 25.3 Å². The summed E-state index contributed by atoms with van der Waals surface area (Å²) in [6.07, 6.45) is -1.99. The molecule has 0 bridgehead atoms. The summed E-state index contributed by atoms with van der Waals surface area (Å²) in [5, 5.41) is 8.60. The Morgan fingerprint density at radius 2 is 1.97 bits per heavy atom. The standard InChI is InChI=1S/C23H21BrClF3N4O5/c24-14-3-5-18(17(9-14)23(26,27)28)31-20(33)12-37-19-6-4-15(25)8-13(19)10-30-32-22(35)21(34)29-11-16-2-1-7-36-16/h3-6,8-10,16H,1-2,7,11-12H2,(H,29,34)(H,31,33)(H,32,35)/b30-10-/t16-/m1/s1. The van der Waals surface area contributed by atoms with Crippen LogP contribution in [0.1, 0.15) is 24.0 Å². The number of amides is 3. The van der Waals surface area contributed by atoms with Crippen molar-refractivity contribution in [1.29, 1.82) is 0 Å². The Morgan fingerprint density at radius 3 is 2.68 bits per heavy atom. The van der Waals surface area contributed by atoms with Crippen molar-refractivity contribution in [1.82, 2.24) is 10.7 Å². The van der Waals surface area contributed by atoms with Gasteiger partial charge in [0.25, 0.3) is 5.91 Å². The van der Waals surface area contributed by atoms with Crippen molar-refractivity contribution >= 4 is 57.2 Å². The number of hydrogen-bond acceptors (Lipinski definition) is 6. The Labute approximate surface area is 222 Å². The van der Waals surface area contributed by atoms with Gasteiger partial charge in [-0.1, -0.05) is 27.5 Å². The van der Waals surface area contributed by atoms with Crippen LogP contribution in [0.2, 0.25) is 5.02 Å². The quantitative estimate of drug-likeness (QED) is 0.240. The van der Waals surface area contributed by atoms with Gasteiger partial charge in [-0.05, 0) is 49.2 Å². The van der Waals surface area contributed by atoms with Gasteiger partial charge >= 0.3 is 18.0 Å². The molecule has 1 aliphatic rings. The second-order valence-electron chi connectivity index (χ2n) is 7.75. The number of carbonyl (C=O) groups is 3. The van der Waals surface area contributed by atoms with E-state index in [1.54, 1.807) is 0 Å². The molecule has 0 aliphatic carbocycles. The summed E-state index contributed by atoms with van der Waals surface area (Å²) in [4.78, 5) is 36.1. The second kappa shape index (κ2) is 12.9. The number of rotatable bonds is 8. The van der Waals surface area contributed by atoms with Crippen molar-refractivity contribution in [2.75, 3.05) is 25.1 Å². The van der Waals surface area contributed by atoms with E-state index in [9.17, 15) is 27.6 Å². The third kappa shape index (κ3) is 8.72. The first-order valence-electron chi connectivity index (χ1n) is 10.8. The zero-order valence-corrected chi connectivity index (χ0v) is 21.4. The first-order chi connectivity index (χ1) is 17.5. The molecule has 14 heteroatoms. The smallest absolute Gasteiger partial charge is 0.418 e. The Morgan fingerprint density at radius 1 is 1.19 bits per heavy atom. The molecule has 37 heavy (non-hydrogen) atoms. The molecular formula is C23H21BrClF3N4O5. The number of anilines is 1. The van der Waals surface area contributed by atoms with Crippen LogP contribution in [0.5, 0.6) is 5.75 Å². The molecule has 1 fully saturated rings. The van der Waals surface area contributed by atoms with Gasteiger partial charge in [-0.15, -0.1) is 0 Å². The summed E-state index contributed by atoms with van der Waals surface area (Å²) in [6, 6.07) is 7.61. The molecule has 0 radical (unpaired) electrons. The zero-order chi connectivity index (χ0) is 27.0. The Balaban J connectivity index is 1.57. The van der Waals surface area contributed by atoms with E-state index in [4.69, 9.17) is 21.1 Å². The highest BCUT2D eigenvalue weighted by Gasteiger charge is 2.34. The summed E-state index contributed by atoms with van der Waals surface area (Å²) in [6.45, 7) is 0.185. The van der Waals surface area contributed by atoms with E-state index < -0.39 is 41.8 Å². The molecule has 2 aromatic rings. The average molecular weight is 606 g/mol. The number of alkyl halides is 3. The monoisotopic (exact) mass is 604 g/mol. The maximum atomic E-state index is 13.3. The lowest BCUT2D eigenvalue weighted by Crippen LogP contribution is -2.41. The van der Waals surface area contributed by atoms with Gasteiger partial charge in [0.2, 0.25) is 0 Å². The van der Waals surface area contributed by atoms with Crippen molar-refractivity contribution in [3.05, 3.63) is 57.0 Å². The lowest BCUT2D eigenvalue weighted by molar-refractivity contribution is -0.139. The molecule has 2 aromatic carbocycles. The number of halogens is 5. The lowest BCUT2D eigenvalue weighted by atomic mass is 10.1. The van der Waals surface area contributed by atoms with E-state index in [1.165, 1.54) is 24.3 Å². The van der Waals surface area contributed by atoms with E-state index in [-0.39, 0.29) is 33.5 Å². The van der Waals surface area contributed by atoms with Crippen LogP contribution < -0.4 is 20.8 Å². The number of ether oxygens (including phenoxy) is 2. The molecule has 1 saturated heterocycles. The van der Waals surface area contributed by atoms with Gasteiger partial charge in [0.1, 0.15) is 5.75 Å². The molecule has 3 rings (SSSR count). The molecule has 0 aromatic heterocycles. The fourth-order valence-electron chi connectivity index (χ4n) is 3.24. The maximum absolute atomic E-state index is 13.3. The van der Waals surface area contributed by atoms with Gasteiger partial charge < -0.3 is 20.1 Å². The molecule has 9 nitrogen and oxygen atoms in total. The largest absolute Gasteiger partial charge is 0.483 e. The van der Waals surface area contributed by atoms with E-state index in [0.717, 1.165) is 31.2 Å². The first kappa shape index (κ1) is 28.4. The number of nitrogens with zero attached hydrogens (tertiary/aromatic N) is 1. The molecule has 3 N–H and O–H groups in total. The summed E-state index contributed by atoms with van der Waals surface area (Å²) >= 11 is 8.96. The average Bonchev–Trinajstić information content (AvgIpc) is 3.36. The third-order valence-corrected chi connectivity index (χ3v) is 5.71. The van der Waals surface area contributed by atoms with Crippen LogP contribution in [0.3, 0.4) is 0 Å². The number of hydrogen-bond donors (Lipinski definition) is 3. The van der Waals surface area contributed by atoms with Gasteiger partial charge in [0, 0.05) is 28.2 Å². The Bertz CT molecular complexity index is 1190. The fraction of sp³-hybridized carbons (Fsp3) is 0.304. The minimum absolute atomic E-state index is 0.104. The third-order valence-electron chi connectivity index (χ3n) is 4.98. The summed E-state index contributed by atoms with van der Waals surface area (Å²) < 4.78 is 50.8. The van der Waals surface area contributed by atoms with Crippen LogP contribution in [-0.4, -0.2) is 49.8 Å². The van der Waals surface area contributed by atoms with Crippen LogP contribution in [0.25, 0.3) is 0 Å². The molecule has 1 heterocycles. The summed E-state index contributed by atoms with van der Waals surface area (Å²) in [7, 11) is 0. The Kier molecular flexibility index (Phi) is 9.89. The van der Waals surface area contributed by atoms with E-state index in [0.29, 0.717) is 6.61 Å². The minimum Gasteiger partial charge on any atom is -0.483 e. The van der Waals surface area contributed by atoms with Crippen molar-refractivity contribution in [2.24, 2.45) is 5.10 Å². The number of nitrogens with one attached hydrogen (secondary N) is 3. The topological polar surface area (TPSA) is 118 Å².